The van der Waals surface area contributed by atoms with Crippen LogP contribution in [0.25, 0.3) is 0 Å². The summed E-state index contributed by atoms with van der Waals surface area (Å²) in [6, 6.07) is 0. The van der Waals surface area contributed by atoms with Crippen molar-refractivity contribution < 1.29 is 15.0 Å². The number of hydrogen-bond donors (Lipinski definition) is 3. The van der Waals surface area contributed by atoms with Gasteiger partial charge in [-0.3, -0.25) is 4.79 Å². The van der Waals surface area contributed by atoms with Crippen molar-refractivity contribution in [3.8, 4) is 0 Å². The number of unbranched alkanes of at least 4 members (excludes halogenated alkanes) is 1. The lowest BCUT2D eigenvalue weighted by Gasteiger charge is -2.06. The third-order valence-corrected chi connectivity index (χ3v) is 1.90. The second-order valence-corrected chi connectivity index (χ2v) is 3.25. The summed E-state index contributed by atoms with van der Waals surface area (Å²) in [6.07, 6.45) is 2.70. The van der Waals surface area contributed by atoms with E-state index >= 15 is 0 Å². The van der Waals surface area contributed by atoms with Crippen molar-refractivity contribution in [3.63, 3.8) is 0 Å². The maximum Gasteiger partial charge on any atom is 0.303 e. The third kappa shape index (κ3) is 7.88. The summed E-state index contributed by atoms with van der Waals surface area (Å²) in [6.45, 7) is 0. The van der Waals surface area contributed by atoms with Crippen LogP contribution in [-0.2, 0) is 4.79 Å². The molecule has 0 rings (SSSR count). The molecule has 0 aromatic rings. The van der Waals surface area contributed by atoms with E-state index in [1.54, 1.807) is 0 Å². The molecule has 4 heteroatoms. The van der Waals surface area contributed by atoms with Crippen molar-refractivity contribution in [1.82, 2.24) is 0 Å². The number of aliphatic carboxylic acids is 1. The van der Waals surface area contributed by atoms with Gasteiger partial charge < -0.3 is 10.2 Å². The van der Waals surface area contributed by atoms with Crippen molar-refractivity contribution in [2.24, 2.45) is 0 Å². The van der Waals surface area contributed by atoms with Crippen LogP contribution in [0, 0.1) is 0 Å². The molecule has 0 aliphatic carbocycles. The predicted octanol–water partition coefficient (Wildman–Crippen LogP) is 1.31. The first-order valence-corrected chi connectivity index (χ1v) is 4.80. The SMILES string of the molecule is O=C(O)CCCCC(O)CCS. The van der Waals surface area contributed by atoms with Gasteiger partial charge in [-0.05, 0) is 25.0 Å². The van der Waals surface area contributed by atoms with Crippen molar-refractivity contribution >= 4 is 18.6 Å². The van der Waals surface area contributed by atoms with Crippen molar-refractivity contribution in [1.29, 1.82) is 0 Å². The molecule has 0 heterocycles. The second-order valence-electron chi connectivity index (χ2n) is 2.81. The Morgan fingerprint density at radius 3 is 2.50 bits per heavy atom. The van der Waals surface area contributed by atoms with Gasteiger partial charge in [0.1, 0.15) is 0 Å². The van der Waals surface area contributed by atoms with Crippen molar-refractivity contribution in [2.45, 2.75) is 38.2 Å². The summed E-state index contributed by atoms with van der Waals surface area (Å²) in [4.78, 5) is 10.1. The molecule has 1 atom stereocenters. The fourth-order valence-electron chi connectivity index (χ4n) is 0.950. The van der Waals surface area contributed by atoms with E-state index in [-0.39, 0.29) is 12.5 Å². The highest BCUT2D eigenvalue weighted by molar-refractivity contribution is 7.80. The monoisotopic (exact) mass is 192 g/mol. The maximum atomic E-state index is 10.1. The van der Waals surface area contributed by atoms with Gasteiger partial charge in [0.05, 0.1) is 6.10 Å². The Hall–Kier alpha value is -0.220. The average molecular weight is 192 g/mol. The summed E-state index contributed by atoms with van der Waals surface area (Å²) in [7, 11) is 0. The molecule has 0 amide bonds. The molecule has 0 radical (unpaired) electrons. The zero-order valence-electron chi connectivity index (χ0n) is 7.07. The van der Waals surface area contributed by atoms with Crippen molar-refractivity contribution in [3.05, 3.63) is 0 Å². The Morgan fingerprint density at radius 2 is 2.00 bits per heavy atom. The fraction of sp³-hybridized carbons (Fsp3) is 0.875. The highest BCUT2D eigenvalue weighted by atomic mass is 32.1. The Morgan fingerprint density at radius 1 is 1.33 bits per heavy atom. The molecule has 0 saturated heterocycles. The molecule has 0 aliphatic heterocycles. The number of carboxylic acid groups (broad SMARTS) is 1. The summed E-state index contributed by atoms with van der Waals surface area (Å²) < 4.78 is 0. The summed E-state index contributed by atoms with van der Waals surface area (Å²) in [5.41, 5.74) is 0. The standard InChI is InChI=1S/C8H16O3S/c9-7(5-6-12)3-1-2-4-8(10)11/h7,9,12H,1-6H2,(H,10,11). The molecule has 0 saturated carbocycles. The first kappa shape index (κ1) is 11.8. The van der Waals surface area contributed by atoms with E-state index in [1.807, 2.05) is 0 Å². The highest BCUT2D eigenvalue weighted by Crippen LogP contribution is 2.06. The van der Waals surface area contributed by atoms with Crippen LogP contribution in [0.1, 0.15) is 32.1 Å². The van der Waals surface area contributed by atoms with Crippen molar-refractivity contribution in [2.75, 3.05) is 5.75 Å². The van der Waals surface area contributed by atoms with Gasteiger partial charge in [-0.2, -0.15) is 12.6 Å². The van der Waals surface area contributed by atoms with E-state index in [4.69, 9.17) is 5.11 Å². The third-order valence-electron chi connectivity index (χ3n) is 1.64. The quantitative estimate of drug-likeness (QED) is 0.421. The zero-order chi connectivity index (χ0) is 9.40. The normalized spacial score (nSPS) is 12.8. The number of carboxylic acids is 1. The zero-order valence-corrected chi connectivity index (χ0v) is 7.96. The van der Waals surface area contributed by atoms with E-state index in [1.165, 1.54) is 0 Å². The number of rotatable bonds is 7. The lowest BCUT2D eigenvalue weighted by atomic mass is 10.1. The molecule has 0 aliphatic rings. The minimum Gasteiger partial charge on any atom is -0.481 e. The molecule has 0 spiro atoms. The van der Waals surface area contributed by atoms with Crippen LogP contribution < -0.4 is 0 Å². The van der Waals surface area contributed by atoms with Gasteiger partial charge in [0.15, 0.2) is 0 Å². The number of hydrogen-bond acceptors (Lipinski definition) is 3. The highest BCUT2D eigenvalue weighted by Gasteiger charge is 2.03. The van der Waals surface area contributed by atoms with Crippen LogP contribution in [0.15, 0.2) is 0 Å². The molecule has 12 heavy (non-hydrogen) atoms. The number of thiol groups is 1. The summed E-state index contributed by atoms with van der Waals surface area (Å²) in [5, 5.41) is 17.5. The van der Waals surface area contributed by atoms with E-state index in [9.17, 15) is 9.90 Å². The van der Waals surface area contributed by atoms with Gasteiger partial charge in [-0.1, -0.05) is 6.42 Å². The molecule has 2 N–H and O–H groups in total. The Labute approximate surface area is 78.2 Å². The summed E-state index contributed by atoms with van der Waals surface area (Å²) in [5.74, 6) is -0.0845. The van der Waals surface area contributed by atoms with Crippen LogP contribution in [0.5, 0.6) is 0 Å². The lowest BCUT2D eigenvalue weighted by Crippen LogP contribution is -2.07. The minimum atomic E-state index is -0.765. The largest absolute Gasteiger partial charge is 0.481 e. The van der Waals surface area contributed by atoms with Crippen LogP contribution in [0.3, 0.4) is 0 Å². The van der Waals surface area contributed by atoms with Gasteiger partial charge in [0.2, 0.25) is 0 Å². The van der Waals surface area contributed by atoms with Gasteiger partial charge in [-0.25, -0.2) is 0 Å². The van der Waals surface area contributed by atoms with Gasteiger partial charge in [0, 0.05) is 6.42 Å². The first-order valence-electron chi connectivity index (χ1n) is 4.17. The Balaban J connectivity index is 3.13. The second kappa shape index (κ2) is 7.43. The topological polar surface area (TPSA) is 57.5 Å². The van der Waals surface area contributed by atoms with Gasteiger partial charge >= 0.3 is 5.97 Å². The average Bonchev–Trinajstić information content (AvgIpc) is 1.98. The molecular formula is C8H16O3S. The van der Waals surface area contributed by atoms with Crippen LogP contribution >= 0.6 is 12.6 Å². The van der Waals surface area contributed by atoms with Crippen LogP contribution in [-0.4, -0.2) is 28.0 Å². The Bertz CT molecular complexity index is 127. The van der Waals surface area contributed by atoms with Crippen LogP contribution in [0.2, 0.25) is 0 Å². The molecule has 1 unspecified atom stereocenters. The molecule has 72 valence electrons. The maximum absolute atomic E-state index is 10.1. The van der Waals surface area contributed by atoms with E-state index in [0.29, 0.717) is 25.0 Å². The molecule has 0 bridgehead atoms. The first-order chi connectivity index (χ1) is 5.66. The molecule has 3 nitrogen and oxygen atoms in total. The molecule has 0 aromatic heterocycles. The lowest BCUT2D eigenvalue weighted by molar-refractivity contribution is -0.137. The summed E-state index contributed by atoms with van der Waals surface area (Å²) >= 11 is 3.98. The van der Waals surface area contributed by atoms with Gasteiger partial charge in [0.25, 0.3) is 0 Å². The van der Waals surface area contributed by atoms with E-state index in [0.717, 1.165) is 6.42 Å². The minimum absolute atomic E-state index is 0.202. The van der Waals surface area contributed by atoms with E-state index in [2.05, 4.69) is 12.6 Å². The van der Waals surface area contributed by atoms with Crippen LogP contribution in [0.4, 0.5) is 0 Å². The molecule has 0 aromatic carbocycles. The molecule has 0 fully saturated rings. The Kier molecular flexibility index (Phi) is 7.29. The molecular weight excluding hydrogens is 176 g/mol. The fourth-order valence-corrected chi connectivity index (χ4v) is 1.25. The number of aliphatic hydroxyl groups excluding tert-OH is 1. The number of carbonyl (C=O) groups is 1. The van der Waals surface area contributed by atoms with Gasteiger partial charge in [-0.15, -0.1) is 0 Å². The van der Waals surface area contributed by atoms with E-state index < -0.39 is 5.97 Å². The smallest absolute Gasteiger partial charge is 0.303 e. The number of aliphatic hydroxyl groups is 1. The predicted molar refractivity (Wildman–Crippen MR) is 50.6 cm³/mol.